The molecule has 1 aromatic heterocycles. The zero-order valence-electron chi connectivity index (χ0n) is 12.5. The number of carbonyl (C=O) groups excluding carboxylic acids is 1. The van der Waals surface area contributed by atoms with Crippen LogP contribution in [0.25, 0.3) is 10.2 Å². The number of benzene rings is 2. The summed E-state index contributed by atoms with van der Waals surface area (Å²) in [6.45, 7) is 0. The molecule has 0 atom stereocenters. The van der Waals surface area contributed by atoms with E-state index in [1.807, 2.05) is 12.1 Å². The maximum atomic E-state index is 12.0. The van der Waals surface area contributed by atoms with Crippen LogP contribution >= 0.6 is 11.3 Å². The highest BCUT2D eigenvalue weighted by atomic mass is 32.1. The van der Waals surface area contributed by atoms with Gasteiger partial charge < -0.3 is 10.1 Å². The van der Waals surface area contributed by atoms with E-state index in [1.165, 1.54) is 35.6 Å². The highest BCUT2D eigenvalue weighted by Crippen LogP contribution is 2.32. The van der Waals surface area contributed by atoms with Crippen molar-refractivity contribution in [2.45, 2.75) is 0 Å². The Balaban J connectivity index is 1.71. The van der Waals surface area contributed by atoms with Crippen molar-refractivity contribution in [3.8, 4) is 5.75 Å². The summed E-state index contributed by atoms with van der Waals surface area (Å²) in [6, 6.07) is 10.6. The lowest BCUT2D eigenvalue weighted by atomic mass is 10.3. The fourth-order valence-corrected chi connectivity index (χ4v) is 2.95. The van der Waals surface area contributed by atoms with Crippen molar-refractivity contribution >= 4 is 44.1 Å². The third-order valence-electron chi connectivity index (χ3n) is 3.16. The minimum Gasteiger partial charge on any atom is -0.494 e. The molecule has 0 aliphatic heterocycles. The van der Waals surface area contributed by atoms with E-state index in [1.54, 1.807) is 13.2 Å². The van der Waals surface area contributed by atoms with Gasteiger partial charge in [0.2, 0.25) is 0 Å². The van der Waals surface area contributed by atoms with Crippen molar-refractivity contribution in [2.24, 2.45) is 0 Å². The third kappa shape index (κ3) is 3.25. The first-order chi connectivity index (χ1) is 11.6. The average Bonchev–Trinajstić information content (AvgIpc) is 2.97. The Morgan fingerprint density at radius 1 is 1.21 bits per heavy atom. The van der Waals surface area contributed by atoms with Gasteiger partial charge in [-0.3, -0.25) is 15.4 Å². The number of nitrogens with zero attached hydrogens (tertiary/aromatic N) is 2. The minimum atomic E-state index is -0.502. The van der Waals surface area contributed by atoms with Crippen LogP contribution in [0.15, 0.2) is 42.5 Å². The number of fused-ring (bicyclic) bond motifs is 1. The van der Waals surface area contributed by atoms with Gasteiger partial charge in [0.1, 0.15) is 11.3 Å². The first-order valence-corrected chi connectivity index (χ1v) is 7.64. The summed E-state index contributed by atoms with van der Waals surface area (Å²) >= 11 is 1.32. The number of nitro benzene ring substituents is 1. The Labute approximate surface area is 140 Å². The summed E-state index contributed by atoms with van der Waals surface area (Å²) in [5, 5.41) is 16.3. The van der Waals surface area contributed by atoms with Gasteiger partial charge in [-0.15, -0.1) is 0 Å². The van der Waals surface area contributed by atoms with E-state index in [0.29, 0.717) is 22.1 Å². The van der Waals surface area contributed by atoms with Gasteiger partial charge in [-0.1, -0.05) is 17.4 Å². The lowest BCUT2D eigenvalue weighted by molar-refractivity contribution is -0.384. The van der Waals surface area contributed by atoms with E-state index in [-0.39, 0.29) is 5.69 Å². The second-order valence-corrected chi connectivity index (χ2v) is 5.74. The molecule has 0 radical (unpaired) electrons. The standard InChI is InChI=1S/C15H12N4O4S/c1-23-11-3-2-4-12-13(11)17-15(24-12)18-14(20)16-9-5-7-10(8-6-9)19(21)22/h2-8H,1H3,(H2,16,17,18,20). The maximum absolute atomic E-state index is 12.0. The molecule has 2 aromatic carbocycles. The molecule has 0 spiro atoms. The molecule has 122 valence electrons. The number of anilines is 2. The molecule has 0 saturated carbocycles. The van der Waals surface area contributed by atoms with E-state index in [0.717, 1.165) is 4.70 Å². The van der Waals surface area contributed by atoms with E-state index in [2.05, 4.69) is 15.6 Å². The highest BCUT2D eigenvalue weighted by Gasteiger charge is 2.11. The van der Waals surface area contributed by atoms with Crippen molar-refractivity contribution in [1.29, 1.82) is 0 Å². The van der Waals surface area contributed by atoms with E-state index in [4.69, 9.17) is 4.74 Å². The normalized spacial score (nSPS) is 10.4. The van der Waals surface area contributed by atoms with Crippen LogP contribution in [0.3, 0.4) is 0 Å². The monoisotopic (exact) mass is 344 g/mol. The predicted octanol–water partition coefficient (Wildman–Crippen LogP) is 3.86. The molecule has 1 heterocycles. The average molecular weight is 344 g/mol. The summed E-state index contributed by atoms with van der Waals surface area (Å²) in [7, 11) is 1.56. The number of carbonyl (C=O) groups is 1. The summed E-state index contributed by atoms with van der Waals surface area (Å²) in [5.41, 5.74) is 1.08. The number of aromatic nitrogens is 1. The second-order valence-electron chi connectivity index (χ2n) is 4.71. The van der Waals surface area contributed by atoms with Gasteiger partial charge in [0.05, 0.1) is 16.7 Å². The Morgan fingerprint density at radius 3 is 2.62 bits per heavy atom. The predicted molar refractivity (Wildman–Crippen MR) is 91.9 cm³/mol. The molecule has 0 aliphatic carbocycles. The second kappa shape index (κ2) is 6.50. The molecular formula is C15H12N4O4S. The zero-order valence-corrected chi connectivity index (χ0v) is 13.3. The van der Waals surface area contributed by atoms with Crippen LogP contribution in [-0.4, -0.2) is 23.0 Å². The number of methoxy groups -OCH3 is 1. The molecule has 0 aliphatic rings. The Kier molecular flexibility index (Phi) is 4.25. The molecule has 0 fully saturated rings. The topological polar surface area (TPSA) is 106 Å². The van der Waals surface area contributed by atoms with Crippen LogP contribution in [0.2, 0.25) is 0 Å². The number of non-ortho nitro benzene ring substituents is 1. The molecule has 3 aromatic rings. The molecule has 0 bridgehead atoms. The number of hydrogen-bond acceptors (Lipinski definition) is 6. The van der Waals surface area contributed by atoms with Crippen LogP contribution in [-0.2, 0) is 0 Å². The van der Waals surface area contributed by atoms with Crippen molar-refractivity contribution in [1.82, 2.24) is 4.98 Å². The van der Waals surface area contributed by atoms with Gasteiger partial charge in [-0.25, -0.2) is 9.78 Å². The smallest absolute Gasteiger partial charge is 0.325 e. The number of nitro groups is 1. The Morgan fingerprint density at radius 2 is 1.96 bits per heavy atom. The molecule has 2 amide bonds. The van der Waals surface area contributed by atoms with E-state index in [9.17, 15) is 14.9 Å². The van der Waals surface area contributed by atoms with Gasteiger partial charge in [0.15, 0.2) is 5.13 Å². The number of para-hydroxylation sites is 1. The van der Waals surface area contributed by atoms with Crippen molar-refractivity contribution in [3.63, 3.8) is 0 Å². The number of urea groups is 1. The lowest BCUT2D eigenvalue weighted by Gasteiger charge is -2.04. The number of nitrogens with one attached hydrogen (secondary N) is 2. The fourth-order valence-electron chi connectivity index (χ4n) is 2.07. The van der Waals surface area contributed by atoms with Crippen LogP contribution in [0.1, 0.15) is 0 Å². The quantitative estimate of drug-likeness (QED) is 0.552. The van der Waals surface area contributed by atoms with Crippen LogP contribution in [0, 0.1) is 10.1 Å². The molecule has 9 heteroatoms. The first kappa shape index (κ1) is 15.7. The number of rotatable bonds is 4. The molecular weight excluding hydrogens is 332 g/mol. The van der Waals surface area contributed by atoms with Gasteiger partial charge in [-0.05, 0) is 24.3 Å². The van der Waals surface area contributed by atoms with Gasteiger partial charge >= 0.3 is 6.03 Å². The van der Waals surface area contributed by atoms with Crippen molar-refractivity contribution in [2.75, 3.05) is 17.7 Å². The lowest BCUT2D eigenvalue weighted by Crippen LogP contribution is -2.19. The first-order valence-electron chi connectivity index (χ1n) is 6.83. The molecule has 0 unspecified atom stereocenters. The summed E-state index contributed by atoms with van der Waals surface area (Å²) < 4.78 is 6.12. The number of amides is 2. The summed E-state index contributed by atoms with van der Waals surface area (Å²) in [5.74, 6) is 0.632. The van der Waals surface area contributed by atoms with E-state index >= 15 is 0 Å². The number of thiazole rings is 1. The van der Waals surface area contributed by atoms with Gasteiger partial charge in [0.25, 0.3) is 5.69 Å². The summed E-state index contributed by atoms with van der Waals surface area (Å²) in [6.07, 6.45) is 0. The highest BCUT2D eigenvalue weighted by molar-refractivity contribution is 7.22. The molecule has 24 heavy (non-hydrogen) atoms. The molecule has 0 saturated heterocycles. The minimum absolute atomic E-state index is 0.0424. The van der Waals surface area contributed by atoms with E-state index < -0.39 is 11.0 Å². The van der Waals surface area contributed by atoms with Crippen molar-refractivity contribution in [3.05, 3.63) is 52.6 Å². The largest absolute Gasteiger partial charge is 0.494 e. The number of hydrogen-bond donors (Lipinski definition) is 2. The van der Waals surface area contributed by atoms with Crippen LogP contribution in [0.5, 0.6) is 5.75 Å². The molecule has 8 nitrogen and oxygen atoms in total. The van der Waals surface area contributed by atoms with Gasteiger partial charge in [0, 0.05) is 17.8 Å². The molecule has 3 rings (SSSR count). The zero-order chi connectivity index (χ0) is 17.1. The van der Waals surface area contributed by atoms with Crippen LogP contribution < -0.4 is 15.4 Å². The van der Waals surface area contributed by atoms with Gasteiger partial charge in [-0.2, -0.15) is 0 Å². The maximum Gasteiger partial charge on any atom is 0.325 e. The Hall–Kier alpha value is -3.20. The molecule has 2 N–H and O–H groups in total. The number of ether oxygens (including phenoxy) is 1. The SMILES string of the molecule is COc1cccc2sc(NC(=O)Nc3ccc([N+](=O)[O-])cc3)nc12. The fraction of sp³-hybridized carbons (Fsp3) is 0.0667. The Bertz CT molecular complexity index is 907. The third-order valence-corrected chi connectivity index (χ3v) is 4.09. The van der Waals surface area contributed by atoms with Crippen LogP contribution in [0.4, 0.5) is 21.3 Å². The summed E-state index contributed by atoms with van der Waals surface area (Å²) in [4.78, 5) is 26.4. The van der Waals surface area contributed by atoms with Crippen molar-refractivity contribution < 1.29 is 14.5 Å².